The Kier molecular flexibility index (Phi) is 6.51. The number of ether oxygens (including phenoxy) is 1. The summed E-state index contributed by atoms with van der Waals surface area (Å²) in [7, 11) is 0. The summed E-state index contributed by atoms with van der Waals surface area (Å²) in [6.45, 7) is 6.09. The summed E-state index contributed by atoms with van der Waals surface area (Å²) < 4.78 is 5.78. The average Bonchev–Trinajstić information content (AvgIpc) is 3.07. The molecule has 4 rings (SSSR count). The first-order chi connectivity index (χ1) is 16.2. The van der Waals surface area contributed by atoms with Crippen LogP contribution in [0.25, 0.3) is 0 Å². The quantitative estimate of drug-likeness (QED) is 0.522. The smallest absolute Gasteiger partial charge is 0.278 e. The standard InChI is InChI=1S/C26H28N4O4/c1-17-11-12-22(24(32)28-17)30-23(31)16-21(25(30)33)29-19-8-6-7-18(15-19)26(2,27)13-14-34-20-9-4-3-5-10-20/h3-10,15-16,22,29H,1,11-14,27H2,2H3,(H,28,32). The maximum atomic E-state index is 12.9. The average molecular weight is 461 g/mol. The van der Waals surface area contributed by atoms with Gasteiger partial charge in [0.1, 0.15) is 17.5 Å². The van der Waals surface area contributed by atoms with Gasteiger partial charge in [-0.1, -0.05) is 36.9 Å². The zero-order chi connectivity index (χ0) is 24.3. The van der Waals surface area contributed by atoms with Gasteiger partial charge in [0.25, 0.3) is 11.8 Å². The Morgan fingerprint density at radius 3 is 2.68 bits per heavy atom. The van der Waals surface area contributed by atoms with E-state index in [-0.39, 0.29) is 5.70 Å². The number of hydrogen-bond acceptors (Lipinski definition) is 6. The van der Waals surface area contributed by atoms with Crippen molar-refractivity contribution in [2.24, 2.45) is 5.73 Å². The van der Waals surface area contributed by atoms with E-state index < -0.39 is 29.3 Å². The third-order valence-corrected chi connectivity index (χ3v) is 6.02. The van der Waals surface area contributed by atoms with Crippen LogP contribution in [0.2, 0.25) is 0 Å². The Bertz CT molecular complexity index is 1160. The molecule has 0 saturated carbocycles. The van der Waals surface area contributed by atoms with E-state index in [0.29, 0.717) is 37.3 Å². The lowest BCUT2D eigenvalue weighted by Crippen LogP contribution is -2.52. The van der Waals surface area contributed by atoms with Gasteiger partial charge in [0, 0.05) is 29.4 Å². The van der Waals surface area contributed by atoms with Crippen molar-refractivity contribution in [1.82, 2.24) is 10.2 Å². The van der Waals surface area contributed by atoms with Crippen LogP contribution in [0.5, 0.6) is 5.75 Å². The van der Waals surface area contributed by atoms with Crippen molar-refractivity contribution < 1.29 is 19.1 Å². The lowest BCUT2D eigenvalue weighted by molar-refractivity contribution is -0.146. The molecule has 0 aliphatic carbocycles. The lowest BCUT2D eigenvalue weighted by atomic mass is 9.90. The van der Waals surface area contributed by atoms with Crippen molar-refractivity contribution in [3.05, 3.63) is 84.2 Å². The molecule has 2 aromatic carbocycles. The number of nitrogens with one attached hydrogen (secondary N) is 2. The zero-order valence-electron chi connectivity index (χ0n) is 19.0. The Labute approximate surface area is 198 Å². The monoisotopic (exact) mass is 460 g/mol. The van der Waals surface area contributed by atoms with Crippen molar-refractivity contribution in [2.75, 3.05) is 11.9 Å². The van der Waals surface area contributed by atoms with Crippen molar-refractivity contribution in [1.29, 1.82) is 0 Å². The van der Waals surface area contributed by atoms with Crippen molar-refractivity contribution in [3.8, 4) is 5.75 Å². The molecule has 8 nitrogen and oxygen atoms in total. The van der Waals surface area contributed by atoms with Gasteiger partial charge in [0.2, 0.25) is 5.91 Å². The van der Waals surface area contributed by atoms with Gasteiger partial charge in [-0.15, -0.1) is 0 Å². The molecule has 4 N–H and O–H groups in total. The van der Waals surface area contributed by atoms with Crippen LogP contribution in [-0.4, -0.2) is 35.3 Å². The molecule has 2 aliphatic heterocycles. The van der Waals surface area contributed by atoms with E-state index in [9.17, 15) is 14.4 Å². The highest BCUT2D eigenvalue weighted by atomic mass is 16.5. The van der Waals surface area contributed by atoms with Gasteiger partial charge < -0.3 is 21.1 Å². The summed E-state index contributed by atoms with van der Waals surface area (Å²) >= 11 is 0. The van der Waals surface area contributed by atoms with Gasteiger partial charge in [-0.3, -0.25) is 19.3 Å². The van der Waals surface area contributed by atoms with Crippen molar-refractivity contribution in [2.45, 2.75) is 37.8 Å². The molecule has 2 aliphatic rings. The van der Waals surface area contributed by atoms with Gasteiger partial charge in [0.05, 0.1) is 6.61 Å². The number of carbonyl (C=O) groups is 3. The van der Waals surface area contributed by atoms with E-state index >= 15 is 0 Å². The Morgan fingerprint density at radius 2 is 1.94 bits per heavy atom. The molecule has 1 saturated heterocycles. The lowest BCUT2D eigenvalue weighted by Gasteiger charge is -2.30. The molecule has 0 bridgehead atoms. The second-order valence-electron chi connectivity index (χ2n) is 8.75. The number of piperidine rings is 1. The van der Waals surface area contributed by atoms with Crippen LogP contribution in [0.15, 0.2) is 78.6 Å². The number of para-hydroxylation sites is 1. The topological polar surface area (TPSA) is 114 Å². The van der Waals surface area contributed by atoms with Crippen LogP contribution in [0.4, 0.5) is 5.69 Å². The van der Waals surface area contributed by atoms with Crippen molar-refractivity contribution >= 4 is 23.4 Å². The molecule has 2 atom stereocenters. The van der Waals surface area contributed by atoms with E-state index in [1.807, 2.05) is 55.5 Å². The fourth-order valence-electron chi connectivity index (χ4n) is 4.03. The molecule has 176 valence electrons. The number of nitrogens with two attached hydrogens (primary N) is 1. The fourth-order valence-corrected chi connectivity index (χ4v) is 4.03. The summed E-state index contributed by atoms with van der Waals surface area (Å²) in [6.07, 6.45) is 2.67. The number of imide groups is 1. The third-order valence-electron chi connectivity index (χ3n) is 6.02. The van der Waals surface area contributed by atoms with Gasteiger partial charge in [-0.25, -0.2) is 0 Å². The highest BCUT2D eigenvalue weighted by Crippen LogP contribution is 2.28. The number of rotatable bonds is 8. The molecule has 8 heteroatoms. The zero-order valence-corrected chi connectivity index (χ0v) is 19.0. The summed E-state index contributed by atoms with van der Waals surface area (Å²) in [4.78, 5) is 38.8. The SMILES string of the molecule is C=C1CCC(N2C(=O)C=C(Nc3cccc(C(C)(N)CCOc4ccccc4)c3)C2=O)C(=O)N1. The number of anilines is 1. The second-order valence-corrected chi connectivity index (χ2v) is 8.75. The molecule has 1 fully saturated rings. The van der Waals surface area contributed by atoms with E-state index in [1.165, 1.54) is 6.08 Å². The van der Waals surface area contributed by atoms with Crippen LogP contribution in [0, 0.1) is 0 Å². The minimum Gasteiger partial charge on any atom is -0.494 e. The number of allylic oxidation sites excluding steroid dienone is 1. The molecular weight excluding hydrogens is 432 g/mol. The predicted molar refractivity (Wildman–Crippen MR) is 128 cm³/mol. The van der Waals surface area contributed by atoms with Crippen LogP contribution >= 0.6 is 0 Å². The highest BCUT2D eigenvalue weighted by Gasteiger charge is 2.41. The molecular formula is C26H28N4O4. The predicted octanol–water partition coefficient (Wildman–Crippen LogP) is 2.79. The van der Waals surface area contributed by atoms with E-state index in [2.05, 4.69) is 17.2 Å². The first-order valence-corrected chi connectivity index (χ1v) is 11.2. The number of amides is 3. The van der Waals surface area contributed by atoms with Crippen LogP contribution in [0.1, 0.15) is 31.7 Å². The largest absolute Gasteiger partial charge is 0.494 e. The summed E-state index contributed by atoms with van der Waals surface area (Å²) in [5, 5.41) is 5.64. The Morgan fingerprint density at radius 1 is 1.18 bits per heavy atom. The number of carbonyl (C=O) groups excluding carboxylic acids is 3. The minimum atomic E-state index is -0.843. The van der Waals surface area contributed by atoms with Gasteiger partial charge in [-0.05, 0) is 49.6 Å². The molecule has 3 amide bonds. The molecule has 2 unspecified atom stereocenters. The van der Waals surface area contributed by atoms with E-state index in [4.69, 9.17) is 10.5 Å². The van der Waals surface area contributed by atoms with E-state index in [1.54, 1.807) is 6.07 Å². The first kappa shape index (κ1) is 23.3. The summed E-state index contributed by atoms with van der Waals surface area (Å²) in [5.74, 6) is -0.662. The maximum absolute atomic E-state index is 12.9. The first-order valence-electron chi connectivity index (χ1n) is 11.2. The van der Waals surface area contributed by atoms with Crippen LogP contribution in [0.3, 0.4) is 0 Å². The summed E-state index contributed by atoms with van der Waals surface area (Å²) in [6, 6.07) is 16.1. The molecule has 0 radical (unpaired) electrons. The Hall–Kier alpha value is -3.91. The Balaban J connectivity index is 1.41. The summed E-state index contributed by atoms with van der Waals surface area (Å²) in [5.41, 5.74) is 8.07. The van der Waals surface area contributed by atoms with Crippen LogP contribution < -0.4 is 21.1 Å². The second kappa shape index (κ2) is 9.52. The molecule has 0 aromatic heterocycles. The van der Waals surface area contributed by atoms with E-state index in [0.717, 1.165) is 16.2 Å². The van der Waals surface area contributed by atoms with Gasteiger partial charge >= 0.3 is 0 Å². The number of hydrogen-bond donors (Lipinski definition) is 3. The molecule has 2 aromatic rings. The normalized spacial score (nSPS) is 20.0. The maximum Gasteiger partial charge on any atom is 0.278 e. The minimum absolute atomic E-state index is 0.116. The van der Waals surface area contributed by atoms with Gasteiger partial charge in [0.15, 0.2) is 0 Å². The van der Waals surface area contributed by atoms with Crippen LogP contribution in [-0.2, 0) is 19.9 Å². The molecule has 34 heavy (non-hydrogen) atoms. The fraction of sp³-hybridized carbons (Fsp3) is 0.269. The molecule has 2 heterocycles. The number of nitrogens with zero attached hydrogens (tertiary/aromatic N) is 1. The number of benzene rings is 2. The van der Waals surface area contributed by atoms with Gasteiger partial charge in [-0.2, -0.15) is 0 Å². The third kappa shape index (κ3) is 5.02. The molecule has 0 spiro atoms. The highest BCUT2D eigenvalue weighted by molar-refractivity contribution is 6.19. The van der Waals surface area contributed by atoms with Crippen molar-refractivity contribution in [3.63, 3.8) is 0 Å².